The number of ether oxygens (including phenoxy) is 2. The highest BCUT2D eigenvalue weighted by molar-refractivity contribution is 9.10. The van der Waals surface area contributed by atoms with Crippen LogP contribution in [-0.4, -0.2) is 20.8 Å². The van der Waals surface area contributed by atoms with Gasteiger partial charge in [0.2, 0.25) is 0 Å². The number of hydrogen-bond donors (Lipinski definition) is 2. The molecule has 0 aliphatic carbocycles. The Morgan fingerprint density at radius 3 is 2.17 bits per heavy atom. The highest BCUT2D eigenvalue weighted by Crippen LogP contribution is 2.37. The summed E-state index contributed by atoms with van der Waals surface area (Å²) in [7, 11) is 3.26. The van der Waals surface area contributed by atoms with Crippen LogP contribution < -0.4 is 20.9 Å². The van der Waals surface area contributed by atoms with Gasteiger partial charge in [0.15, 0.2) is 0 Å². The van der Waals surface area contributed by atoms with Gasteiger partial charge in [-0.25, -0.2) is 0 Å². The second kappa shape index (κ2) is 7.61. The summed E-state index contributed by atoms with van der Waals surface area (Å²) in [6, 6.07) is 3.87. The molecule has 0 aliphatic rings. The molecule has 0 amide bonds. The first-order valence-electron chi connectivity index (χ1n) is 6.01. The maximum Gasteiger partial charge on any atom is 0.137 e. The zero-order chi connectivity index (χ0) is 13.5. The van der Waals surface area contributed by atoms with Gasteiger partial charge in [-0.2, -0.15) is 0 Å². The first-order chi connectivity index (χ1) is 8.63. The molecule has 102 valence electrons. The maximum absolute atomic E-state index is 6.17. The Kier molecular flexibility index (Phi) is 6.46. The van der Waals surface area contributed by atoms with Gasteiger partial charge in [-0.05, 0) is 53.0 Å². The van der Waals surface area contributed by atoms with Gasteiger partial charge in [0.25, 0.3) is 0 Å². The minimum atomic E-state index is -0.0209. The monoisotopic (exact) mass is 316 g/mol. The lowest BCUT2D eigenvalue weighted by atomic mass is 10.0. The van der Waals surface area contributed by atoms with Crippen molar-refractivity contribution in [1.29, 1.82) is 0 Å². The van der Waals surface area contributed by atoms with Gasteiger partial charge in [-0.15, -0.1) is 0 Å². The van der Waals surface area contributed by atoms with Gasteiger partial charge in [-0.3, -0.25) is 0 Å². The zero-order valence-electron chi connectivity index (χ0n) is 10.9. The lowest BCUT2D eigenvalue weighted by Gasteiger charge is -2.16. The van der Waals surface area contributed by atoms with Crippen molar-refractivity contribution in [3.8, 4) is 11.5 Å². The van der Waals surface area contributed by atoms with Crippen LogP contribution in [-0.2, 0) is 0 Å². The van der Waals surface area contributed by atoms with E-state index in [1.165, 1.54) is 0 Å². The van der Waals surface area contributed by atoms with Crippen LogP contribution in [0.5, 0.6) is 11.5 Å². The minimum Gasteiger partial charge on any atom is -0.495 e. The summed E-state index contributed by atoms with van der Waals surface area (Å²) in [4.78, 5) is 0. The van der Waals surface area contributed by atoms with E-state index in [-0.39, 0.29) is 6.04 Å². The number of rotatable bonds is 7. The van der Waals surface area contributed by atoms with Gasteiger partial charge in [-0.1, -0.05) is 6.42 Å². The fraction of sp³-hybridized carbons (Fsp3) is 0.538. The molecule has 0 spiro atoms. The molecule has 1 aromatic rings. The molecule has 5 heteroatoms. The molecule has 0 aliphatic heterocycles. The van der Waals surface area contributed by atoms with E-state index in [4.69, 9.17) is 20.9 Å². The van der Waals surface area contributed by atoms with E-state index in [9.17, 15) is 0 Å². The average molecular weight is 317 g/mol. The van der Waals surface area contributed by atoms with Gasteiger partial charge in [0.1, 0.15) is 16.0 Å². The van der Waals surface area contributed by atoms with Crippen molar-refractivity contribution in [3.05, 3.63) is 22.2 Å². The fourth-order valence-electron chi connectivity index (χ4n) is 1.78. The summed E-state index contributed by atoms with van der Waals surface area (Å²) >= 11 is 3.44. The van der Waals surface area contributed by atoms with Crippen LogP contribution in [0.15, 0.2) is 16.6 Å². The third-order valence-corrected chi connectivity index (χ3v) is 3.65. The van der Waals surface area contributed by atoms with E-state index in [0.717, 1.165) is 40.8 Å². The third kappa shape index (κ3) is 3.86. The minimum absolute atomic E-state index is 0.0209. The Hall–Kier alpha value is -0.780. The normalized spacial score (nSPS) is 12.3. The van der Waals surface area contributed by atoms with E-state index < -0.39 is 0 Å². The molecule has 0 fully saturated rings. The smallest absolute Gasteiger partial charge is 0.137 e. The molecule has 0 saturated heterocycles. The Morgan fingerprint density at radius 2 is 1.72 bits per heavy atom. The second-order valence-electron chi connectivity index (χ2n) is 4.13. The quantitative estimate of drug-likeness (QED) is 0.758. The van der Waals surface area contributed by atoms with Crippen LogP contribution in [0, 0.1) is 0 Å². The molecule has 4 nitrogen and oxygen atoms in total. The lowest BCUT2D eigenvalue weighted by molar-refractivity contribution is 0.387. The van der Waals surface area contributed by atoms with Crippen molar-refractivity contribution < 1.29 is 9.47 Å². The van der Waals surface area contributed by atoms with Gasteiger partial charge < -0.3 is 20.9 Å². The van der Waals surface area contributed by atoms with E-state index in [0.29, 0.717) is 6.54 Å². The van der Waals surface area contributed by atoms with Crippen LogP contribution >= 0.6 is 15.9 Å². The second-order valence-corrected chi connectivity index (χ2v) is 4.92. The molecule has 0 saturated carbocycles. The molecular weight excluding hydrogens is 296 g/mol. The SMILES string of the molecule is COc1cc([C@H](N)CCCCN)cc(OC)c1Br. The standard InChI is InChI=1S/C13H21BrN2O2/c1-17-11-7-9(8-12(18-2)13(11)14)10(16)5-3-4-6-15/h7-8,10H,3-6,15-16H2,1-2H3/t10-/m1/s1. The predicted octanol–water partition coefficient (Wildman–Crippen LogP) is 2.60. The van der Waals surface area contributed by atoms with E-state index >= 15 is 0 Å². The molecule has 1 atom stereocenters. The number of methoxy groups -OCH3 is 2. The topological polar surface area (TPSA) is 70.5 Å². The van der Waals surface area contributed by atoms with Crippen molar-refractivity contribution in [2.24, 2.45) is 11.5 Å². The van der Waals surface area contributed by atoms with E-state index in [1.54, 1.807) is 14.2 Å². The lowest BCUT2D eigenvalue weighted by Crippen LogP contribution is -2.11. The average Bonchev–Trinajstić information content (AvgIpc) is 2.39. The van der Waals surface area contributed by atoms with Gasteiger partial charge in [0, 0.05) is 6.04 Å². The van der Waals surface area contributed by atoms with E-state index in [1.807, 2.05) is 12.1 Å². The van der Waals surface area contributed by atoms with Crippen molar-refractivity contribution >= 4 is 15.9 Å². The molecule has 0 radical (unpaired) electrons. The Morgan fingerprint density at radius 1 is 1.17 bits per heavy atom. The molecule has 18 heavy (non-hydrogen) atoms. The summed E-state index contributed by atoms with van der Waals surface area (Å²) in [6.45, 7) is 0.708. The molecule has 1 rings (SSSR count). The number of hydrogen-bond acceptors (Lipinski definition) is 4. The first kappa shape index (κ1) is 15.3. The maximum atomic E-state index is 6.17. The first-order valence-corrected chi connectivity index (χ1v) is 6.80. The van der Waals surface area contributed by atoms with Crippen LogP contribution in [0.3, 0.4) is 0 Å². The number of unbranched alkanes of at least 4 members (excludes halogenated alkanes) is 1. The Balaban J connectivity index is 2.87. The zero-order valence-corrected chi connectivity index (χ0v) is 12.5. The van der Waals surface area contributed by atoms with Crippen LogP contribution in [0.1, 0.15) is 30.9 Å². The van der Waals surface area contributed by atoms with E-state index in [2.05, 4.69) is 15.9 Å². The van der Waals surface area contributed by atoms with Crippen LogP contribution in [0.25, 0.3) is 0 Å². The predicted molar refractivity (Wildman–Crippen MR) is 77.1 cm³/mol. The molecule has 0 heterocycles. The van der Waals surface area contributed by atoms with Crippen molar-refractivity contribution in [2.75, 3.05) is 20.8 Å². The summed E-state index contributed by atoms with van der Waals surface area (Å²) in [6.07, 6.45) is 2.93. The highest BCUT2D eigenvalue weighted by atomic mass is 79.9. The third-order valence-electron chi connectivity index (χ3n) is 2.87. The van der Waals surface area contributed by atoms with Crippen molar-refractivity contribution in [3.63, 3.8) is 0 Å². The number of benzene rings is 1. The Labute approximate surface area is 117 Å². The molecular formula is C13H21BrN2O2. The van der Waals surface area contributed by atoms with Gasteiger partial charge in [0.05, 0.1) is 14.2 Å². The van der Waals surface area contributed by atoms with Crippen molar-refractivity contribution in [2.45, 2.75) is 25.3 Å². The molecule has 1 aromatic carbocycles. The summed E-state index contributed by atoms with van der Waals surface area (Å²) in [5.74, 6) is 1.47. The van der Waals surface area contributed by atoms with Crippen LogP contribution in [0.4, 0.5) is 0 Å². The fourth-order valence-corrected chi connectivity index (χ4v) is 2.33. The highest BCUT2D eigenvalue weighted by Gasteiger charge is 2.14. The van der Waals surface area contributed by atoms with Crippen LogP contribution in [0.2, 0.25) is 0 Å². The molecule has 4 N–H and O–H groups in total. The molecule has 0 unspecified atom stereocenters. The summed E-state index contributed by atoms with van der Waals surface area (Å²) in [5, 5.41) is 0. The van der Waals surface area contributed by atoms with Gasteiger partial charge >= 0.3 is 0 Å². The Bertz CT molecular complexity index is 360. The largest absolute Gasteiger partial charge is 0.495 e. The molecule has 0 aromatic heterocycles. The number of nitrogens with two attached hydrogens (primary N) is 2. The summed E-state index contributed by atoms with van der Waals surface area (Å²) < 4.78 is 11.4. The number of halogens is 1. The van der Waals surface area contributed by atoms with Crippen molar-refractivity contribution in [1.82, 2.24) is 0 Å². The summed E-state index contributed by atoms with van der Waals surface area (Å²) in [5.41, 5.74) is 12.7. The molecule has 0 bridgehead atoms.